The molecule has 0 N–H and O–H groups in total. The van der Waals surface area contributed by atoms with Crippen LogP contribution in [0.2, 0.25) is 0 Å². The molecule has 0 bridgehead atoms. The van der Waals surface area contributed by atoms with E-state index in [9.17, 15) is 0 Å². The van der Waals surface area contributed by atoms with Gasteiger partial charge in [-0.2, -0.15) is 0 Å². The van der Waals surface area contributed by atoms with E-state index in [1.807, 2.05) is 0 Å². The maximum absolute atomic E-state index is 4.92. The summed E-state index contributed by atoms with van der Waals surface area (Å²) in [5, 5.41) is 0. The van der Waals surface area contributed by atoms with Gasteiger partial charge >= 0.3 is 29.6 Å². The van der Waals surface area contributed by atoms with Crippen molar-refractivity contribution in [3.05, 3.63) is 4.58 Å². The minimum absolute atomic E-state index is 0. The van der Waals surface area contributed by atoms with Crippen LogP contribution < -0.4 is 29.6 Å². The summed E-state index contributed by atoms with van der Waals surface area (Å²) in [5.74, 6) is 1.12. The molecule has 0 aromatic carbocycles. The summed E-state index contributed by atoms with van der Waals surface area (Å²) >= 11 is 6.68. The van der Waals surface area contributed by atoms with E-state index in [4.69, 9.17) is 12.6 Å². The van der Waals surface area contributed by atoms with E-state index >= 15 is 0 Å². The van der Waals surface area contributed by atoms with Crippen LogP contribution in [0.4, 0.5) is 0 Å². The molecule has 0 spiro atoms. The first-order valence-corrected chi connectivity index (χ1v) is 3.86. The summed E-state index contributed by atoms with van der Waals surface area (Å²) in [7, 11) is 0. The van der Waals surface area contributed by atoms with Crippen LogP contribution in [0.3, 0.4) is 0 Å². The van der Waals surface area contributed by atoms with Crippen molar-refractivity contribution in [3.63, 3.8) is 0 Å². The van der Waals surface area contributed by atoms with Crippen molar-refractivity contribution in [1.29, 1.82) is 0 Å². The van der Waals surface area contributed by atoms with E-state index in [0.29, 0.717) is 0 Å². The van der Waals surface area contributed by atoms with Gasteiger partial charge in [0.1, 0.15) is 0 Å². The molecular weight excluding hydrogens is 147 g/mol. The average Bonchev–Trinajstić information content (AvgIpc) is 1.68. The third-order valence-corrected chi connectivity index (χ3v) is 2.14. The van der Waals surface area contributed by atoms with Gasteiger partial charge in [0.25, 0.3) is 0 Å². The van der Waals surface area contributed by atoms with Crippen molar-refractivity contribution in [2.45, 2.75) is 20.3 Å². The number of hydrogen-bond acceptors (Lipinski definition) is 2. The second-order valence-corrected chi connectivity index (χ2v) is 3.27. The van der Waals surface area contributed by atoms with Crippen molar-refractivity contribution in [2.75, 3.05) is 5.75 Å². The Hall–Kier alpha value is 1.57. The van der Waals surface area contributed by atoms with Gasteiger partial charge in [-0.05, 0) is 6.92 Å². The Kier molecular flexibility index (Phi) is 13.1. The van der Waals surface area contributed by atoms with Gasteiger partial charge in [-0.3, -0.25) is 0 Å². The van der Waals surface area contributed by atoms with E-state index in [1.165, 1.54) is 0 Å². The van der Waals surface area contributed by atoms with E-state index in [0.717, 1.165) is 16.8 Å². The van der Waals surface area contributed by atoms with E-state index < -0.39 is 0 Å². The molecule has 0 aliphatic heterocycles. The van der Waals surface area contributed by atoms with Crippen molar-refractivity contribution in [1.82, 2.24) is 0 Å². The third-order valence-electron chi connectivity index (χ3n) is 0.594. The van der Waals surface area contributed by atoms with Gasteiger partial charge in [0, 0.05) is 22.1 Å². The third kappa shape index (κ3) is 7.57. The van der Waals surface area contributed by atoms with Gasteiger partial charge in [-0.1, -0.05) is 6.92 Å². The maximum atomic E-state index is 4.92. The predicted octanol–water partition coefficient (Wildman–Crippen LogP) is -0.810. The summed E-state index contributed by atoms with van der Waals surface area (Å²) in [6, 6.07) is 0. The number of thioether (sulfide) groups is 1. The summed E-state index contributed by atoms with van der Waals surface area (Å²) in [6.07, 6.45) is 1.04. The zero-order chi connectivity index (χ0) is 5.70. The quantitative estimate of drug-likeness (QED) is 0.298. The molecule has 42 valence electrons. The van der Waals surface area contributed by atoms with Crippen LogP contribution in [0.5, 0.6) is 0 Å². The first-order valence-electron chi connectivity index (χ1n) is 2.46. The Bertz CT molecular complexity index is 41.4. The normalized spacial score (nSPS) is 7.88. The largest absolute Gasteiger partial charge is 1.00 e. The fourth-order valence-electron chi connectivity index (χ4n) is 0.263. The van der Waals surface area contributed by atoms with Crippen molar-refractivity contribution in [3.8, 4) is 0 Å². The van der Waals surface area contributed by atoms with Gasteiger partial charge in [0.2, 0.25) is 0 Å². The molecule has 0 aliphatic rings. The topological polar surface area (TPSA) is 0 Å². The Balaban J connectivity index is 0. The van der Waals surface area contributed by atoms with E-state index in [1.54, 1.807) is 11.8 Å². The van der Waals surface area contributed by atoms with E-state index in [-0.39, 0.29) is 29.6 Å². The molecule has 0 amide bonds. The molecule has 0 radical (unpaired) electrons. The molecule has 0 aromatic rings. The number of hydrogen-bond donors (Lipinski definition) is 0. The monoisotopic (exact) mass is 157 g/mol. The molecule has 0 rings (SSSR count). The van der Waals surface area contributed by atoms with Gasteiger partial charge in [-0.25, -0.2) is 0 Å². The average molecular weight is 157 g/mol. The molecule has 0 fully saturated rings. The van der Waals surface area contributed by atoms with Crippen LogP contribution in [0.1, 0.15) is 20.3 Å². The Morgan fingerprint density at radius 3 is 2.12 bits per heavy atom. The fraction of sp³-hybridized carbons (Fsp3) is 0.800. The van der Waals surface area contributed by atoms with E-state index in [2.05, 4.69) is 13.8 Å². The molecular formula is C5H10NaS2+. The van der Waals surface area contributed by atoms with Crippen molar-refractivity contribution in [2.24, 2.45) is 0 Å². The molecule has 0 aromatic heterocycles. The van der Waals surface area contributed by atoms with Crippen LogP contribution in [-0.4, -0.2) is 5.75 Å². The van der Waals surface area contributed by atoms with Gasteiger partial charge < -0.3 is 12.6 Å². The molecule has 8 heavy (non-hydrogen) atoms. The predicted molar refractivity (Wildman–Crippen MR) is 39.0 cm³/mol. The van der Waals surface area contributed by atoms with Crippen molar-refractivity contribution >= 4 is 24.4 Å². The number of rotatable bonds is 3. The zero-order valence-corrected chi connectivity index (χ0v) is 9.36. The molecule has 0 nitrogen and oxygen atoms in total. The van der Waals surface area contributed by atoms with Crippen LogP contribution in [0, 0.1) is 4.58 Å². The van der Waals surface area contributed by atoms with Crippen LogP contribution in [0.25, 0.3) is 0 Å². The van der Waals surface area contributed by atoms with Crippen LogP contribution in [0.15, 0.2) is 0 Å². The smallest absolute Gasteiger partial charge is 0.494 e. The molecule has 3 heteroatoms. The van der Waals surface area contributed by atoms with Crippen LogP contribution in [-0.2, 0) is 12.6 Å². The van der Waals surface area contributed by atoms with Crippen LogP contribution >= 0.6 is 11.8 Å². The fourth-order valence-corrected chi connectivity index (χ4v) is 1.14. The molecule has 0 atom stereocenters. The second kappa shape index (κ2) is 8.57. The summed E-state index contributed by atoms with van der Waals surface area (Å²) in [5.41, 5.74) is 0. The first kappa shape index (κ1) is 12.3. The molecule has 0 aliphatic carbocycles. The molecule has 0 heterocycles. The summed E-state index contributed by atoms with van der Waals surface area (Å²) in [6.45, 7) is 4.21. The minimum Gasteiger partial charge on any atom is -0.494 e. The van der Waals surface area contributed by atoms with Gasteiger partial charge in [0.15, 0.2) is 0 Å². The van der Waals surface area contributed by atoms with Crippen molar-refractivity contribution < 1.29 is 29.6 Å². The second-order valence-electron chi connectivity index (χ2n) is 1.16. The van der Waals surface area contributed by atoms with Gasteiger partial charge in [-0.15, -0.1) is 0 Å². The Labute approximate surface area is 83.9 Å². The molecule has 0 unspecified atom stereocenters. The Morgan fingerprint density at radius 1 is 1.50 bits per heavy atom. The summed E-state index contributed by atoms with van der Waals surface area (Å²) < 4.78 is 1.13. The summed E-state index contributed by atoms with van der Waals surface area (Å²) in [4.78, 5) is 0. The molecule has 0 saturated carbocycles. The molecule has 0 saturated heterocycles. The minimum atomic E-state index is 0. The Morgan fingerprint density at radius 2 is 2.00 bits per heavy atom. The zero-order valence-electron chi connectivity index (χ0n) is 5.73. The van der Waals surface area contributed by atoms with Gasteiger partial charge in [0.05, 0.1) is 6.42 Å². The standard InChI is InChI=1S/C5H10S2.Na/c1-3-5(6)7-4-2;/h3-4H2,1-2H3;/q;+1. The first-order chi connectivity index (χ1) is 3.31. The maximum Gasteiger partial charge on any atom is 1.00 e. The SMILES string of the molecule is CCS[C+]([S-])CC.[Na+].